The average molecular weight is 333 g/mol. The van der Waals surface area contributed by atoms with Crippen molar-refractivity contribution in [2.24, 2.45) is 0 Å². The van der Waals surface area contributed by atoms with Gasteiger partial charge in [0.2, 0.25) is 0 Å². The molecule has 0 nitrogen and oxygen atoms in total. The van der Waals surface area contributed by atoms with Gasteiger partial charge in [-0.25, -0.2) is 4.39 Å². The highest BCUT2D eigenvalue weighted by atomic mass is 32.2. The normalized spacial score (nSPS) is 20.7. The highest BCUT2D eigenvalue weighted by Crippen LogP contribution is 2.40. The van der Waals surface area contributed by atoms with Crippen molar-refractivity contribution in [3.63, 3.8) is 0 Å². The Labute approximate surface area is 140 Å². The number of fused-ring (bicyclic) bond motifs is 4. The summed E-state index contributed by atoms with van der Waals surface area (Å²) in [5.41, 5.74) is 5.80. The quantitative estimate of drug-likeness (QED) is 0.687. The van der Waals surface area contributed by atoms with Crippen molar-refractivity contribution in [2.45, 2.75) is 30.3 Å². The van der Waals surface area contributed by atoms with Crippen LogP contribution in [0.15, 0.2) is 36.4 Å². The molecule has 116 valence electrons. The summed E-state index contributed by atoms with van der Waals surface area (Å²) in [7, 11) is 0. The van der Waals surface area contributed by atoms with E-state index in [9.17, 15) is 4.39 Å². The monoisotopic (exact) mass is 332 g/mol. The smallest absolute Gasteiger partial charge is 0.130 e. The van der Waals surface area contributed by atoms with Crippen LogP contribution in [0, 0.1) is 12.7 Å². The third-order valence-corrected chi connectivity index (χ3v) is 6.65. The summed E-state index contributed by atoms with van der Waals surface area (Å²) in [4.78, 5) is 0. The molecule has 0 saturated heterocycles. The highest BCUT2D eigenvalue weighted by Gasteiger charge is 2.24. The second-order valence-corrected chi connectivity index (χ2v) is 7.89. The predicted molar refractivity (Wildman–Crippen MR) is 97.5 cm³/mol. The van der Waals surface area contributed by atoms with Gasteiger partial charge in [-0.3, -0.25) is 0 Å². The van der Waals surface area contributed by atoms with Crippen LogP contribution in [0.5, 0.6) is 0 Å². The minimum Gasteiger partial charge on any atom is -0.206 e. The molecule has 1 aliphatic carbocycles. The van der Waals surface area contributed by atoms with E-state index in [2.05, 4.69) is 37.6 Å². The zero-order chi connectivity index (χ0) is 15.7. The molecule has 0 amide bonds. The summed E-state index contributed by atoms with van der Waals surface area (Å²) in [6.45, 7) is 2.22. The molecule has 0 saturated carbocycles. The second kappa shape index (κ2) is 6.67. The molecular weight excluding hydrogens is 311 g/mol. The van der Waals surface area contributed by atoms with E-state index >= 15 is 0 Å². The van der Waals surface area contributed by atoms with Crippen LogP contribution < -0.4 is 0 Å². The maximum Gasteiger partial charge on any atom is 0.130 e. The molecule has 2 aromatic carbocycles. The third kappa shape index (κ3) is 2.81. The first-order chi connectivity index (χ1) is 10.7. The summed E-state index contributed by atoms with van der Waals surface area (Å²) in [6.07, 6.45) is 5.84. The molecule has 0 spiro atoms. The van der Waals surface area contributed by atoms with E-state index in [1.165, 1.54) is 16.7 Å². The van der Waals surface area contributed by atoms with Gasteiger partial charge in [-0.2, -0.15) is 23.5 Å². The summed E-state index contributed by atoms with van der Waals surface area (Å²) >= 11 is 3.55. The fourth-order valence-corrected chi connectivity index (χ4v) is 4.96. The van der Waals surface area contributed by atoms with Crippen LogP contribution in [0.2, 0.25) is 0 Å². The number of benzene rings is 2. The van der Waals surface area contributed by atoms with Crippen molar-refractivity contribution in [3.05, 3.63) is 70.0 Å². The van der Waals surface area contributed by atoms with Gasteiger partial charge in [0.15, 0.2) is 0 Å². The first-order valence-electron chi connectivity index (χ1n) is 7.57. The summed E-state index contributed by atoms with van der Waals surface area (Å²) in [6, 6.07) is 12.5. The van der Waals surface area contributed by atoms with Crippen molar-refractivity contribution >= 4 is 23.5 Å². The molecule has 4 bridgehead atoms. The Morgan fingerprint density at radius 2 is 1.41 bits per heavy atom. The van der Waals surface area contributed by atoms with Crippen LogP contribution in [-0.2, 0) is 12.8 Å². The lowest BCUT2D eigenvalue weighted by molar-refractivity contribution is 0.586. The van der Waals surface area contributed by atoms with Gasteiger partial charge in [0.05, 0.1) is 0 Å². The average Bonchev–Trinajstić information content (AvgIpc) is 2.53. The van der Waals surface area contributed by atoms with Crippen molar-refractivity contribution in [1.29, 1.82) is 0 Å². The van der Waals surface area contributed by atoms with Gasteiger partial charge in [-0.05, 0) is 54.5 Å². The molecule has 0 aliphatic heterocycles. The predicted octanol–water partition coefficient (Wildman–Crippen LogP) is 5.74. The van der Waals surface area contributed by atoms with E-state index in [4.69, 9.17) is 0 Å². The summed E-state index contributed by atoms with van der Waals surface area (Å²) in [5, 5.41) is 0.496. The number of hydrogen-bond donors (Lipinski definition) is 0. The zero-order valence-corrected chi connectivity index (χ0v) is 14.9. The van der Waals surface area contributed by atoms with Gasteiger partial charge >= 0.3 is 0 Å². The van der Waals surface area contributed by atoms with Gasteiger partial charge in [-0.15, -0.1) is 0 Å². The van der Waals surface area contributed by atoms with Crippen LogP contribution in [-0.4, -0.2) is 12.5 Å². The zero-order valence-electron chi connectivity index (χ0n) is 13.2. The Morgan fingerprint density at radius 1 is 0.864 bits per heavy atom. The van der Waals surface area contributed by atoms with Gasteiger partial charge in [0.1, 0.15) is 5.82 Å². The molecule has 0 aromatic heterocycles. The van der Waals surface area contributed by atoms with E-state index in [0.29, 0.717) is 5.25 Å². The molecule has 0 radical (unpaired) electrons. The second-order valence-electron chi connectivity index (χ2n) is 5.81. The third-order valence-electron chi connectivity index (χ3n) is 4.67. The molecule has 0 heterocycles. The maximum atomic E-state index is 15.0. The number of rotatable bonds is 2. The fraction of sp³-hybridized carbons (Fsp3) is 0.368. The summed E-state index contributed by atoms with van der Waals surface area (Å²) in [5.74, 6) is 0.00343. The van der Waals surface area contributed by atoms with Crippen molar-refractivity contribution < 1.29 is 4.39 Å². The molecule has 2 atom stereocenters. The fourth-order valence-electron chi connectivity index (χ4n) is 3.32. The van der Waals surface area contributed by atoms with E-state index in [1.807, 2.05) is 30.0 Å². The van der Waals surface area contributed by atoms with Crippen LogP contribution in [0.4, 0.5) is 4.39 Å². The van der Waals surface area contributed by atoms with Crippen LogP contribution >= 0.6 is 23.5 Å². The lowest BCUT2D eigenvalue weighted by atomic mass is 9.90. The van der Waals surface area contributed by atoms with Crippen LogP contribution in [0.3, 0.4) is 0 Å². The minimum absolute atomic E-state index is 0.00343. The van der Waals surface area contributed by atoms with Crippen molar-refractivity contribution in [1.82, 2.24) is 0 Å². The summed E-state index contributed by atoms with van der Waals surface area (Å²) < 4.78 is 15.0. The standard InChI is InChI=1S/C19H21FS2/c1-12-13-6-4-8-15(12)17(21-2)11-14-7-5-9-16(19(14)20)18(10-13)22-3/h4-9,17-18H,10-11H2,1-3H3. The van der Waals surface area contributed by atoms with Gasteiger partial charge in [-0.1, -0.05) is 36.4 Å². The molecule has 2 unspecified atom stereocenters. The molecule has 1 aliphatic rings. The van der Waals surface area contributed by atoms with E-state index < -0.39 is 0 Å². The lowest BCUT2D eigenvalue weighted by Crippen LogP contribution is -2.11. The Bertz CT molecular complexity index is 622. The minimum atomic E-state index is 0.00343. The van der Waals surface area contributed by atoms with Gasteiger partial charge < -0.3 is 0 Å². The molecule has 3 heteroatoms. The number of hydrogen-bond acceptors (Lipinski definition) is 2. The van der Waals surface area contributed by atoms with Crippen LogP contribution in [0.1, 0.15) is 38.3 Å². The van der Waals surface area contributed by atoms with Crippen molar-refractivity contribution in [2.75, 3.05) is 12.5 Å². The van der Waals surface area contributed by atoms with E-state index in [1.54, 1.807) is 11.8 Å². The van der Waals surface area contributed by atoms with Crippen LogP contribution in [0.25, 0.3) is 0 Å². The Balaban J connectivity index is 2.19. The van der Waals surface area contributed by atoms with E-state index in [0.717, 1.165) is 24.0 Å². The lowest BCUT2D eigenvalue weighted by Gasteiger charge is -2.25. The first-order valence-corrected chi connectivity index (χ1v) is 10.1. The Hall–Kier alpha value is -0.930. The largest absolute Gasteiger partial charge is 0.206 e. The first kappa shape index (κ1) is 15.9. The molecular formula is C19H21FS2. The number of halogens is 1. The van der Waals surface area contributed by atoms with Gasteiger partial charge in [0, 0.05) is 16.1 Å². The molecule has 0 fully saturated rings. The molecule has 0 N–H and O–H groups in total. The Kier molecular flexibility index (Phi) is 4.84. The van der Waals surface area contributed by atoms with E-state index in [-0.39, 0.29) is 11.1 Å². The molecule has 2 aromatic rings. The number of thioether (sulfide) groups is 2. The topological polar surface area (TPSA) is 0 Å². The molecule has 22 heavy (non-hydrogen) atoms. The Morgan fingerprint density at radius 3 is 2.09 bits per heavy atom. The van der Waals surface area contributed by atoms with Gasteiger partial charge in [0.25, 0.3) is 0 Å². The van der Waals surface area contributed by atoms with Crippen molar-refractivity contribution in [3.8, 4) is 0 Å². The SMILES string of the molecule is CSC1Cc2cccc(c2F)C(SC)Cc2cccc1c2C. The highest BCUT2D eigenvalue weighted by molar-refractivity contribution is 7.99. The molecule has 3 rings (SSSR count). The maximum absolute atomic E-state index is 15.0.